The lowest BCUT2D eigenvalue weighted by atomic mass is 10.2. The van der Waals surface area contributed by atoms with Crippen molar-refractivity contribution < 1.29 is 14.3 Å². The number of rotatable bonds is 4. The molecular formula is C17H19N3O3. The second kappa shape index (κ2) is 7.31. The van der Waals surface area contributed by atoms with Crippen molar-refractivity contribution in [3.05, 3.63) is 54.1 Å². The number of methoxy groups -OCH3 is 1. The first-order chi connectivity index (χ1) is 11.0. The van der Waals surface area contributed by atoms with Gasteiger partial charge in [0.05, 0.1) is 12.8 Å². The van der Waals surface area contributed by atoms with E-state index in [9.17, 15) is 9.59 Å². The van der Waals surface area contributed by atoms with Gasteiger partial charge in [0.25, 0.3) is 0 Å². The van der Waals surface area contributed by atoms with E-state index >= 15 is 0 Å². The van der Waals surface area contributed by atoms with Gasteiger partial charge in [-0.3, -0.25) is 4.79 Å². The molecule has 0 saturated carbocycles. The SMILES string of the molecule is COc1ccccc1CNC(=O)N(C(C)=O)c1ccc(N)cc1. The Bertz CT molecular complexity index is 698. The number of nitrogens with one attached hydrogen (secondary N) is 1. The molecule has 0 unspecified atom stereocenters. The summed E-state index contributed by atoms with van der Waals surface area (Å²) in [5, 5.41) is 2.72. The summed E-state index contributed by atoms with van der Waals surface area (Å²) in [6, 6.07) is 13.4. The maximum absolute atomic E-state index is 12.4. The zero-order valence-electron chi connectivity index (χ0n) is 13.1. The molecule has 3 amide bonds. The average Bonchev–Trinajstić information content (AvgIpc) is 2.55. The van der Waals surface area contributed by atoms with Crippen molar-refractivity contribution in [3.63, 3.8) is 0 Å². The molecule has 3 N–H and O–H groups in total. The molecule has 6 heteroatoms. The van der Waals surface area contributed by atoms with E-state index in [-0.39, 0.29) is 12.5 Å². The van der Waals surface area contributed by atoms with E-state index in [1.54, 1.807) is 31.4 Å². The third kappa shape index (κ3) is 4.00. The van der Waals surface area contributed by atoms with Gasteiger partial charge in [0.2, 0.25) is 5.91 Å². The number of amides is 3. The molecule has 2 aromatic carbocycles. The molecule has 23 heavy (non-hydrogen) atoms. The number of hydrogen-bond acceptors (Lipinski definition) is 4. The van der Waals surface area contributed by atoms with Crippen molar-refractivity contribution in [1.82, 2.24) is 5.32 Å². The van der Waals surface area contributed by atoms with Crippen LogP contribution in [0.5, 0.6) is 5.75 Å². The largest absolute Gasteiger partial charge is 0.496 e. The molecule has 6 nitrogen and oxygen atoms in total. The summed E-state index contributed by atoms with van der Waals surface area (Å²) in [5.74, 6) is 0.293. The Morgan fingerprint density at radius 3 is 2.39 bits per heavy atom. The fourth-order valence-corrected chi connectivity index (χ4v) is 2.16. The maximum Gasteiger partial charge on any atom is 0.329 e. The van der Waals surface area contributed by atoms with Gasteiger partial charge < -0.3 is 15.8 Å². The number of carbonyl (C=O) groups is 2. The summed E-state index contributed by atoms with van der Waals surface area (Å²) >= 11 is 0. The standard InChI is InChI=1S/C17H19N3O3/c1-12(21)20(15-9-7-14(18)8-10-15)17(22)19-11-13-5-3-4-6-16(13)23-2/h3-10H,11,18H2,1-2H3,(H,19,22). The Labute approximate surface area is 134 Å². The summed E-state index contributed by atoms with van der Waals surface area (Å²) in [5.41, 5.74) is 7.48. The van der Waals surface area contributed by atoms with Gasteiger partial charge in [-0.05, 0) is 30.3 Å². The Morgan fingerprint density at radius 1 is 1.13 bits per heavy atom. The van der Waals surface area contributed by atoms with Crippen LogP contribution in [0, 0.1) is 0 Å². The molecule has 0 atom stereocenters. The van der Waals surface area contributed by atoms with Crippen LogP contribution in [0.2, 0.25) is 0 Å². The lowest BCUT2D eigenvalue weighted by molar-refractivity contribution is -0.115. The molecule has 0 aromatic heterocycles. The van der Waals surface area contributed by atoms with Crippen molar-refractivity contribution in [2.24, 2.45) is 0 Å². The molecule has 0 heterocycles. The van der Waals surface area contributed by atoms with Gasteiger partial charge in [-0.25, -0.2) is 9.69 Å². The number of carbonyl (C=O) groups excluding carboxylic acids is 2. The summed E-state index contributed by atoms with van der Waals surface area (Å²) in [6.07, 6.45) is 0. The highest BCUT2D eigenvalue weighted by Gasteiger charge is 2.20. The molecule has 0 saturated heterocycles. The van der Waals surface area contributed by atoms with E-state index in [1.165, 1.54) is 6.92 Å². The first-order valence-electron chi connectivity index (χ1n) is 7.09. The number of hydrogen-bond donors (Lipinski definition) is 2. The smallest absolute Gasteiger partial charge is 0.329 e. The number of benzene rings is 2. The topological polar surface area (TPSA) is 84.7 Å². The highest BCUT2D eigenvalue weighted by Crippen LogP contribution is 2.19. The summed E-state index contributed by atoms with van der Waals surface area (Å²) in [6.45, 7) is 1.58. The summed E-state index contributed by atoms with van der Waals surface area (Å²) in [7, 11) is 1.57. The first-order valence-corrected chi connectivity index (χ1v) is 7.09. The van der Waals surface area contributed by atoms with Crippen LogP contribution in [0.3, 0.4) is 0 Å². The molecule has 0 fully saturated rings. The van der Waals surface area contributed by atoms with E-state index in [1.807, 2.05) is 24.3 Å². The van der Waals surface area contributed by atoms with Crippen molar-refractivity contribution >= 4 is 23.3 Å². The number of ether oxygens (including phenoxy) is 1. The van der Waals surface area contributed by atoms with E-state index in [0.29, 0.717) is 17.1 Å². The van der Waals surface area contributed by atoms with Gasteiger partial charge in [-0.15, -0.1) is 0 Å². The molecule has 0 spiro atoms. The number of urea groups is 1. The van der Waals surface area contributed by atoms with Gasteiger partial charge in [0, 0.05) is 24.7 Å². The maximum atomic E-state index is 12.4. The quantitative estimate of drug-likeness (QED) is 0.850. The molecule has 0 aliphatic rings. The second-order valence-corrected chi connectivity index (χ2v) is 4.92. The van der Waals surface area contributed by atoms with Crippen LogP contribution in [-0.2, 0) is 11.3 Å². The van der Waals surface area contributed by atoms with E-state index in [4.69, 9.17) is 10.5 Å². The van der Waals surface area contributed by atoms with Crippen LogP contribution in [0.15, 0.2) is 48.5 Å². The van der Waals surface area contributed by atoms with Gasteiger partial charge in [0.15, 0.2) is 0 Å². The molecule has 0 aliphatic heterocycles. The average molecular weight is 313 g/mol. The van der Waals surface area contributed by atoms with Crippen LogP contribution in [-0.4, -0.2) is 19.0 Å². The van der Waals surface area contributed by atoms with Gasteiger partial charge in [0.1, 0.15) is 5.75 Å². The van der Waals surface area contributed by atoms with Crippen LogP contribution in [0.25, 0.3) is 0 Å². The summed E-state index contributed by atoms with van der Waals surface area (Å²) < 4.78 is 5.24. The molecule has 2 aromatic rings. The Balaban J connectivity index is 2.13. The normalized spacial score (nSPS) is 10.0. The highest BCUT2D eigenvalue weighted by molar-refractivity contribution is 6.13. The van der Waals surface area contributed by atoms with Gasteiger partial charge >= 0.3 is 6.03 Å². The van der Waals surface area contributed by atoms with E-state index in [0.717, 1.165) is 10.5 Å². The molecular weight excluding hydrogens is 294 g/mol. The van der Waals surface area contributed by atoms with Crippen molar-refractivity contribution in [2.45, 2.75) is 13.5 Å². The molecule has 0 radical (unpaired) electrons. The number of nitrogen functional groups attached to an aromatic ring is 1. The minimum atomic E-state index is -0.506. The van der Waals surface area contributed by atoms with Crippen LogP contribution >= 0.6 is 0 Å². The molecule has 120 valence electrons. The van der Waals surface area contributed by atoms with Gasteiger partial charge in [-0.1, -0.05) is 18.2 Å². The zero-order valence-corrected chi connectivity index (χ0v) is 13.1. The third-order valence-electron chi connectivity index (χ3n) is 3.29. The molecule has 0 bridgehead atoms. The minimum Gasteiger partial charge on any atom is -0.496 e. The minimum absolute atomic E-state index is 0.252. The van der Waals surface area contributed by atoms with E-state index < -0.39 is 6.03 Å². The first kappa shape index (κ1) is 16.4. The number of imide groups is 1. The Morgan fingerprint density at radius 2 is 1.78 bits per heavy atom. The lowest BCUT2D eigenvalue weighted by Crippen LogP contribution is -2.42. The van der Waals surface area contributed by atoms with Crippen LogP contribution in [0.1, 0.15) is 12.5 Å². The number of anilines is 2. The number of para-hydroxylation sites is 1. The van der Waals surface area contributed by atoms with Crippen LogP contribution in [0.4, 0.5) is 16.2 Å². The molecule has 0 aliphatic carbocycles. The summed E-state index contributed by atoms with van der Waals surface area (Å²) in [4.78, 5) is 25.2. The highest BCUT2D eigenvalue weighted by atomic mass is 16.5. The fourth-order valence-electron chi connectivity index (χ4n) is 2.16. The van der Waals surface area contributed by atoms with Crippen LogP contribution < -0.4 is 20.7 Å². The fraction of sp³-hybridized carbons (Fsp3) is 0.176. The number of nitrogens with two attached hydrogens (primary N) is 1. The predicted molar refractivity (Wildman–Crippen MR) is 89.2 cm³/mol. The second-order valence-electron chi connectivity index (χ2n) is 4.92. The lowest BCUT2D eigenvalue weighted by Gasteiger charge is -2.20. The third-order valence-corrected chi connectivity index (χ3v) is 3.29. The Kier molecular flexibility index (Phi) is 5.19. The zero-order chi connectivity index (χ0) is 16.8. The Hall–Kier alpha value is -3.02. The number of nitrogens with zero attached hydrogens (tertiary/aromatic N) is 1. The predicted octanol–water partition coefficient (Wildman–Crippen LogP) is 2.54. The van der Waals surface area contributed by atoms with Gasteiger partial charge in [-0.2, -0.15) is 0 Å². The van der Waals surface area contributed by atoms with Crippen molar-refractivity contribution in [1.29, 1.82) is 0 Å². The van der Waals surface area contributed by atoms with Crippen molar-refractivity contribution in [2.75, 3.05) is 17.7 Å². The molecule has 2 rings (SSSR count). The van der Waals surface area contributed by atoms with Crippen molar-refractivity contribution in [3.8, 4) is 5.75 Å². The monoisotopic (exact) mass is 313 g/mol. The van der Waals surface area contributed by atoms with E-state index in [2.05, 4.69) is 5.32 Å².